The van der Waals surface area contributed by atoms with Crippen LogP contribution in [0.4, 0.5) is 5.69 Å². The van der Waals surface area contributed by atoms with E-state index < -0.39 is 0 Å². The van der Waals surface area contributed by atoms with Gasteiger partial charge in [0, 0.05) is 37.8 Å². The largest absolute Gasteiger partial charge is 0.383 e. The van der Waals surface area contributed by atoms with E-state index in [1.165, 1.54) is 0 Å². The summed E-state index contributed by atoms with van der Waals surface area (Å²) in [6, 6.07) is 7.59. The smallest absolute Gasteiger partial charge is 0.251 e. The summed E-state index contributed by atoms with van der Waals surface area (Å²) >= 11 is 3.38. The predicted molar refractivity (Wildman–Crippen MR) is 82.3 cm³/mol. The van der Waals surface area contributed by atoms with Crippen molar-refractivity contribution in [2.24, 2.45) is 0 Å². The van der Waals surface area contributed by atoms with E-state index in [1.54, 1.807) is 7.11 Å². The lowest BCUT2D eigenvalue weighted by atomic mass is 10.1. The fraction of sp³-hybridized carbons (Fsp3) is 0.500. The van der Waals surface area contributed by atoms with Gasteiger partial charge in [-0.15, -0.1) is 0 Å². The molecule has 19 heavy (non-hydrogen) atoms. The lowest BCUT2D eigenvalue weighted by Crippen LogP contribution is -2.38. The molecule has 0 saturated heterocycles. The number of ether oxygens (including phenoxy) is 1. The number of amides is 1. The number of hydrogen-bond acceptors (Lipinski definition) is 3. The van der Waals surface area contributed by atoms with E-state index in [9.17, 15) is 4.79 Å². The van der Waals surface area contributed by atoms with Gasteiger partial charge in [0.2, 0.25) is 0 Å². The maximum atomic E-state index is 12.2. The Hall–Kier alpha value is -1.07. The first-order valence-electron chi connectivity index (χ1n) is 6.21. The highest BCUT2D eigenvalue weighted by Crippen LogP contribution is 2.13. The third kappa shape index (κ3) is 5.20. The number of anilines is 1. The molecule has 0 saturated carbocycles. The lowest BCUT2D eigenvalue weighted by molar-refractivity contribution is 0.0895. The Morgan fingerprint density at radius 3 is 2.79 bits per heavy atom. The molecule has 0 heterocycles. The summed E-state index contributed by atoms with van der Waals surface area (Å²) in [5, 5.41) is 3.82. The zero-order valence-electron chi connectivity index (χ0n) is 11.6. The molecule has 106 valence electrons. The summed E-state index contributed by atoms with van der Waals surface area (Å²) < 4.78 is 5.11. The standard InChI is InChI=1S/C14H21BrN2O2/c1-17(2)13-6-4-5-11(9-13)14(18)16-12(7-8-15)10-19-3/h4-6,9,12H,7-8,10H2,1-3H3,(H,16,18). The first kappa shape index (κ1) is 16.0. The van der Waals surface area contributed by atoms with Crippen molar-refractivity contribution in [1.82, 2.24) is 5.32 Å². The molecule has 0 radical (unpaired) electrons. The van der Waals surface area contributed by atoms with Gasteiger partial charge in [-0.25, -0.2) is 0 Å². The van der Waals surface area contributed by atoms with Crippen LogP contribution in [0.15, 0.2) is 24.3 Å². The number of carbonyl (C=O) groups excluding carboxylic acids is 1. The van der Waals surface area contributed by atoms with Crippen LogP contribution >= 0.6 is 15.9 Å². The van der Waals surface area contributed by atoms with Crippen molar-refractivity contribution in [2.45, 2.75) is 12.5 Å². The van der Waals surface area contributed by atoms with Crippen molar-refractivity contribution in [3.63, 3.8) is 0 Å². The highest BCUT2D eigenvalue weighted by molar-refractivity contribution is 9.09. The van der Waals surface area contributed by atoms with E-state index in [2.05, 4.69) is 21.2 Å². The molecule has 0 spiro atoms. The molecule has 1 amide bonds. The van der Waals surface area contributed by atoms with Crippen LogP contribution in [-0.4, -0.2) is 45.1 Å². The summed E-state index contributed by atoms with van der Waals surface area (Å²) in [6.45, 7) is 0.519. The zero-order chi connectivity index (χ0) is 14.3. The molecule has 0 fully saturated rings. The SMILES string of the molecule is COCC(CCBr)NC(=O)c1cccc(N(C)C)c1. The van der Waals surface area contributed by atoms with Crippen LogP contribution in [0, 0.1) is 0 Å². The zero-order valence-corrected chi connectivity index (χ0v) is 13.2. The monoisotopic (exact) mass is 328 g/mol. The van der Waals surface area contributed by atoms with Crippen LogP contribution in [0.2, 0.25) is 0 Å². The van der Waals surface area contributed by atoms with E-state index in [0.29, 0.717) is 12.2 Å². The lowest BCUT2D eigenvalue weighted by Gasteiger charge is -2.18. The van der Waals surface area contributed by atoms with E-state index in [-0.39, 0.29) is 11.9 Å². The summed E-state index contributed by atoms with van der Waals surface area (Å²) in [5.74, 6) is -0.0632. The number of halogens is 1. The van der Waals surface area contributed by atoms with Crippen LogP contribution < -0.4 is 10.2 Å². The quantitative estimate of drug-likeness (QED) is 0.781. The molecule has 1 aromatic rings. The van der Waals surface area contributed by atoms with Crippen LogP contribution in [0.3, 0.4) is 0 Å². The molecule has 0 aliphatic rings. The van der Waals surface area contributed by atoms with Gasteiger partial charge in [0.15, 0.2) is 0 Å². The summed E-state index contributed by atoms with van der Waals surface area (Å²) in [5.41, 5.74) is 1.68. The molecule has 0 aliphatic carbocycles. The highest BCUT2D eigenvalue weighted by atomic mass is 79.9. The van der Waals surface area contributed by atoms with Crippen LogP contribution in [-0.2, 0) is 4.74 Å². The van der Waals surface area contributed by atoms with Crippen LogP contribution in [0.1, 0.15) is 16.8 Å². The predicted octanol–water partition coefficient (Wildman–Crippen LogP) is 2.28. The number of hydrogen-bond donors (Lipinski definition) is 1. The number of alkyl halides is 1. The maximum Gasteiger partial charge on any atom is 0.251 e. The van der Waals surface area contributed by atoms with Crippen molar-refractivity contribution in [2.75, 3.05) is 38.0 Å². The number of benzene rings is 1. The van der Waals surface area contributed by atoms with Gasteiger partial charge in [0.05, 0.1) is 12.6 Å². The minimum atomic E-state index is -0.0632. The van der Waals surface area contributed by atoms with Gasteiger partial charge in [-0.05, 0) is 24.6 Å². The molecule has 0 bridgehead atoms. The Morgan fingerprint density at radius 2 is 2.21 bits per heavy atom. The van der Waals surface area contributed by atoms with Gasteiger partial charge >= 0.3 is 0 Å². The summed E-state index contributed by atoms with van der Waals surface area (Å²) in [7, 11) is 5.55. The van der Waals surface area contributed by atoms with Crippen molar-refractivity contribution < 1.29 is 9.53 Å². The molecule has 1 aromatic carbocycles. The van der Waals surface area contributed by atoms with Crippen LogP contribution in [0.25, 0.3) is 0 Å². The van der Waals surface area contributed by atoms with Gasteiger partial charge in [-0.2, -0.15) is 0 Å². The third-order valence-electron chi connectivity index (χ3n) is 2.79. The number of rotatable bonds is 7. The third-order valence-corrected chi connectivity index (χ3v) is 3.24. The van der Waals surface area contributed by atoms with E-state index >= 15 is 0 Å². The maximum absolute atomic E-state index is 12.2. The Balaban J connectivity index is 2.73. The number of nitrogens with one attached hydrogen (secondary N) is 1. The first-order chi connectivity index (χ1) is 9.08. The molecule has 0 aliphatic heterocycles. The Kier molecular flexibility index (Phi) is 6.87. The Bertz CT molecular complexity index is 404. The molecule has 4 nitrogen and oxygen atoms in total. The topological polar surface area (TPSA) is 41.6 Å². The van der Waals surface area contributed by atoms with Crippen molar-refractivity contribution in [1.29, 1.82) is 0 Å². The second-order valence-corrected chi connectivity index (χ2v) is 5.34. The van der Waals surface area contributed by atoms with E-state index in [0.717, 1.165) is 17.4 Å². The molecule has 0 aromatic heterocycles. The summed E-state index contributed by atoms with van der Waals surface area (Å²) in [4.78, 5) is 14.2. The minimum absolute atomic E-state index is 0.0277. The second kappa shape index (κ2) is 8.17. The average molecular weight is 329 g/mol. The van der Waals surface area contributed by atoms with Gasteiger partial charge in [0.1, 0.15) is 0 Å². The molecule has 1 unspecified atom stereocenters. The van der Waals surface area contributed by atoms with Crippen LogP contribution in [0.5, 0.6) is 0 Å². The van der Waals surface area contributed by atoms with Gasteiger partial charge < -0.3 is 15.0 Å². The number of nitrogens with zero attached hydrogens (tertiary/aromatic N) is 1. The van der Waals surface area contributed by atoms with Gasteiger partial charge in [-0.1, -0.05) is 22.0 Å². The van der Waals surface area contributed by atoms with Crippen molar-refractivity contribution in [3.05, 3.63) is 29.8 Å². The molecule has 5 heteroatoms. The Morgan fingerprint density at radius 1 is 1.47 bits per heavy atom. The normalized spacial score (nSPS) is 12.0. The fourth-order valence-corrected chi connectivity index (χ4v) is 2.28. The second-order valence-electron chi connectivity index (χ2n) is 4.55. The van der Waals surface area contributed by atoms with Crippen molar-refractivity contribution in [3.8, 4) is 0 Å². The molecular weight excluding hydrogens is 308 g/mol. The molecular formula is C14H21BrN2O2. The average Bonchev–Trinajstić information content (AvgIpc) is 2.39. The molecule has 1 rings (SSSR count). The number of methoxy groups -OCH3 is 1. The van der Waals surface area contributed by atoms with E-state index in [1.807, 2.05) is 43.3 Å². The minimum Gasteiger partial charge on any atom is -0.383 e. The van der Waals surface area contributed by atoms with Gasteiger partial charge in [-0.3, -0.25) is 4.79 Å². The first-order valence-corrected chi connectivity index (χ1v) is 7.33. The number of carbonyl (C=O) groups is 1. The fourth-order valence-electron chi connectivity index (χ4n) is 1.72. The van der Waals surface area contributed by atoms with Gasteiger partial charge in [0.25, 0.3) is 5.91 Å². The molecule has 1 atom stereocenters. The van der Waals surface area contributed by atoms with Crippen molar-refractivity contribution >= 4 is 27.5 Å². The van der Waals surface area contributed by atoms with E-state index in [4.69, 9.17) is 4.74 Å². The highest BCUT2D eigenvalue weighted by Gasteiger charge is 2.13. The Labute approximate surface area is 123 Å². The summed E-state index contributed by atoms with van der Waals surface area (Å²) in [6.07, 6.45) is 0.840. The molecule has 1 N–H and O–H groups in total.